The van der Waals surface area contributed by atoms with E-state index in [1.54, 1.807) is 6.33 Å². The Balaban J connectivity index is 1.60. The van der Waals surface area contributed by atoms with Crippen LogP contribution in [0, 0.1) is 13.8 Å². The van der Waals surface area contributed by atoms with E-state index in [-0.39, 0.29) is 6.61 Å². The Bertz CT molecular complexity index is 813. The molecule has 4 nitrogen and oxygen atoms in total. The molecule has 0 bridgehead atoms. The Hall–Kier alpha value is -2.11. The first kappa shape index (κ1) is 16.7. The van der Waals surface area contributed by atoms with Crippen LogP contribution >= 0.6 is 11.8 Å². The maximum Gasteiger partial charge on any atom is 0.125 e. The Morgan fingerprint density at radius 1 is 1.04 bits per heavy atom. The number of benzene rings is 2. The summed E-state index contributed by atoms with van der Waals surface area (Å²) in [7, 11) is 0. The quantitative estimate of drug-likeness (QED) is 0.547. The summed E-state index contributed by atoms with van der Waals surface area (Å²) in [6.45, 7) is 4.29. The normalized spacial score (nSPS) is 12.3. The number of para-hydroxylation sites is 2. The lowest BCUT2D eigenvalue weighted by Crippen LogP contribution is -2.20. The van der Waals surface area contributed by atoms with E-state index < -0.39 is 6.10 Å². The highest BCUT2D eigenvalue weighted by molar-refractivity contribution is 7.99. The molecule has 3 rings (SSSR count). The molecule has 0 saturated carbocycles. The van der Waals surface area contributed by atoms with Gasteiger partial charge in [0.05, 0.1) is 11.6 Å². The number of nitrogens with zero attached hydrogens (tertiary/aromatic N) is 2. The number of aromatic nitrogens is 2. The van der Waals surface area contributed by atoms with Crippen LogP contribution < -0.4 is 4.74 Å². The fourth-order valence-electron chi connectivity index (χ4n) is 2.52. The van der Waals surface area contributed by atoms with Crippen LogP contribution in [0.2, 0.25) is 0 Å². The lowest BCUT2D eigenvalue weighted by Gasteiger charge is -2.15. The van der Waals surface area contributed by atoms with Crippen LogP contribution in [0.4, 0.5) is 0 Å². The predicted octanol–water partition coefficient (Wildman–Crippen LogP) is 3.78. The molecule has 124 valence electrons. The average molecular weight is 340 g/mol. The smallest absolute Gasteiger partial charge is 0.125 e. The molecule has 0 aliphatic rings. The van der Waals surface area contributed by atoms with Gasteiger partial charge in [0.1, 0.15) is 23.7 Å². The largest absolute Gasteiger partial charge is 0.490 e. The van der Waals surface area contributed by atoms with Gasteiger partial charge < -0.3 is 9.84 Å². The first-order valence-electron chi connectivity index (χ1n) is 7.85. The maximum absolute atomic E-state index is 10.2. The molecular formula is C19H20N2O2S. The van der Waals surface area contributed by atoms with E-state index in [1.165, 1.54) is 11.8 Å². The standard InChI is InChI=1S/C19H20N2O2S/c1-13-6-5-7-14(2)18(13)23-10-15(22)11-24-19-16-8-3-4-9-17(16)20-12-21-19/h3-9,12,15,22H,10-11H2,1-2H3/t15-/m1/s1. The van der Waals surface area contributed by atoms with E-state index in [9.17, 15) is 5.11 Å². The lowest BCUT2D eigenvalue weighted by atomic mass is 10.1. The predicted molar refractivity (Wildman–Crippen MR) is 97.7 cm³/mol. The fraction of sp³-hybridized carbons (Fsp3) is 0.263. The number of ether oxygens (including phenoxy) is 1. The van der Waals surface area contributed by atoms with Gasteiger partial charge in [0.15, 0.2) is 0 Å². The van der Waals surface area contributed by atoms with Crippen molar-refractivity contribution in [1.82, 2.24) is 9.97 Å². The van der Waals surface area contributed by atoms with E-state index in [0.29, 0.717) is 5.75 Å². The van der Waals surface area contributed by atoms with Crippen LogP contribution in [0.15, 0.2) is 53.8 Å². The minimum Gasteiger partial charge on any atom is -0.490 e. The minimum absolute atomic E-state index is 0.266. The third-order valence-corrected chi connectivity index (χ3v) is 4.90. The van der Waals surface area contributed by atoms with Crippen LogP contribution in [-0.4, -0.2) is 33.5 Å². The molecule has 0 fully saturated rings. The summed E-state index contributed by atoms with van der Waals surface area (Å²) in [6, 6.07) is 13.9. The SMILES string of the molecule is Cc1cccc(C)c1OC[C@@H](O)CSc1ncnc2ccccc12. The number of aryl methyl sites for hydroxylation is 2. The van der Waals surface area contributed by atoms with Crippen molar-refractivity contribution < 1.29 is 9.84 Å². The molecule has 3 aromatic rings. The number of rotatable bonds is 6. The molecule has 1 heterocycles. The molecule has 24 heavy (non-hydrogen) atoms. The second kappa shape index (κ2) is 7.64. The lowest BCUT2D eigenvalue weighted by molar-refractivity contribution is 0.125. The second-order valence-electron chi connectivity index (χ2n) is 5.69. The third kappa shape index (κ3) is 3.86. The highest BCUT2D eigenvalue weighted by Crippen LogP contribution is 2.26. The highest BCUT2D eigenvalue weighted by Gasteiger charge is 2.11. The molecule has 5 heteroatoms. The number of hydrogen-bond donors (Lipinski definition) is 1. The van der Waals surface area contributed by atoms with Crippen molar-refractivity contribution in [3.63, 3.8) is 0 Å². The van der Waals surface area contributed by atoms with Gasteiger partial charge in [0.2, 0.25) is 0 Å². The highest BCUT2D eigenvalue weighted by atomic mass is 32.2. The van der Waals surface area contributed by atoms with Gasteiger partial charge in [-0.25, -0.2) is 9.97 Å². The van der Waals surface area contributed by atoms with Gasteiger partial charge in [-0.1, -0.05) is 36.4 Å². The molecule has 1 aromatic heterocycles. The van der Waals surface area contributed by atoms with Gasteiger partial charge in [-0.05, 0) is 31.0 Å². The minimum atomic E-state index is -0.567. The topological polar surface area (TPSA) is 55.2 Å². The maximum atomic E-state index is 10.2. The zero-order valence-corrected chi connectivity index (χ0v) is 14.6. The van der Waals surface area contributed by atoms with E-state index in [1.807, 2.05) is 56.3 Å². The van der Waals surface area contributed by atoms with Crippen LogP contribution in [0.1, 0.15) is 11.1 Å². The van der Waals surface area contributed by atoms with Gasteiger partial charge in [0, 0.05) is 11.1 Å². The first-order chi connectivity index (χ1) is 11.6. The van der Waals surface area contributed by atoms with Crippen molar-refractivity contribution in [3.05, 3.63) is 59.9 Å². The van der Waals surface area contributed by atoms with Crippen LogP contribution in [-0.2, 0) is 0 Å². The summed E-state index contributed by atoms with van der Waals surface area (Å²) in [5, 5.41) is 12.1. The van der Waals surface area contributed by atoms with E-state index in [2.05, 4.69) is 9.97 Å². The molecule has 2 aromatic carbocycles. The number of hydrogen-bond acceptors (Lipinski definition) is 5. The van der Waals surface area contributed by atoms with Crippen LogP contribution in [0.25, 0.3) is 10.9 Å². The molecule has 0 spiro atoms. The van der Waals surface area contributed by atoms with Gasteiger partial charge in [-0.15, -0.1) is 11.8 Å². The van der Waals surface area contributed by atoms with Crippen molar-refractivity contribution >= 4 is 22.7 Å². The second-order valence-corrected chi connectivity index (χ2v) is 6.70. The molecule has 1 N–H and O–H groups in total. The first-order valence-corrected chi connectivity index (χ1v) is 8.83. The van der Waals surface area contributed by atoms with Gasteiger partial charge >= 0.3 is 0 Å². The fourth-order valence-corrected chi connectivity index (χ4v) is 3.42. The van der Waals surface area contributed by atoms with Gasteiger partial charge in [0.25, 0.3) is 0 Å². The monoisotopic (exact) mass is 340 g/mol. The van der Waals surface area contributed by atoms with Crippen molar-refractivity contribution in [1.29, 1.82) is 0 Å². The van der Waals surface area contributed by atoms with E-state index in [4.69, 9.17) is 4.74 Å². The number of aliphatic hydroxyl groups excluding tert-OH is 1. The average Bonchev–Trinajstić information content (AvgIpc) is 2.59. The van der Waals surface area contributed by atoms with Crippen LogP contribution in [0.3, 0.4) is 0 Å². The molecule has 0 aliphatic carbocycles. The van der Waals surface area contributed by atoms with E-state index >= 15 is 0 Å². The molecule has 0 amide bonds. The molecule has 0 saturated heterocycles. The summed E-state index contributed by atoms with van der Waals surface area (Å²) < 4.78 is 5.81. The molecular weight excluding hydrogens is 320 g/mol. The molecule has 0 aliphatic heterocycles. The molecule has 0 radical (unpaired) electrons. The Morgan fingerprint density at radius 3 is 2.58 bits per heavy atom. The van der Waals surface area contributed by atoms with Crippen molar-refractivity contribution in [2.45, 2.75) is 25.0 Å². The third-order valence-electron chi connectivity index (χ3n) is 3.75. The Morgan fingerprint density at radius 2 is 1.79 bits per heavy atom. The van der Waals surface area contributed by atoms with Gasteiger partial charge in [-0.3, -0.25) is 0 Å². The summed E-state index contributed by atoms with van der Waals surface area (Å²) in [4.78, 5) is 8.58. The summed E-state index contributed by atoms with van der Waals surface area (Å²) in [5.41, 5.74) is 3.07. The zero-order valence-electron chi connectivity index (χ0n) is 13.8. The van der Waals surface area contributed by atoms with Gasteiger partial charge in [-0.2, -0.15) is 0 Å². The zero-order chi connectivity index (χ0) is 16.9. The summed E-state index contributed by atoms with van der Waals surface area (Å²) in [5.74, 6) is 1.38. The summed E-state index contributed by atoms with van der Waals surface area (Å²) >= 11 is 1.52. The molecule has 0 unspecified atom stereocenters. The van der Waals surface area contributed by atoms with Crippen molar-refractivity contribution in [3.8, 4) is 5.75 Å². The number of aliphatic hydroxyl groups is 1. The number of fused-ring (bicyclic) bond motifs is 1. The Kier molecular flexibility index (Phi) is 5.33. The van der Waals surface area contributed by atoms with Crippen LogP contribution in [0.5, 0.6) is 5.75 Å². The summed E-state index contributed by atoms with van der Waals surface area (Å²) in [6.07, 6.45) is 0.993. The number of thioether (sulfide) groups is 1. The molecule has 1 atom stereocenters. The van der Waals surface area contributed by atoms with Crippen molar-refractivity contribution in [2.75, 3.05) is 12.4 Å². The van der Waals surface area contributed by atoms with E-state index in [0.717, 1.165) is 32.8 Å². The Labute approximate surface area is 145 Å². The van der Waals surface area contributed by atoms with Crippen molar-refractivity contribution in [2.24, 2.45) is 0 Å².